The molecule has 0 bridgehead atoms. The van der Waals surface area contributed by atoms with Crippen LogP contribution in [0.4, 0.5) is 26.0 Å². The summed E-state index contributed by atoms with van der Waals surface area (Å²) in [5.41, 5.74) is 3.23. The van der Waals surface area contributed by atoms with E-state index in [1.54, 1.807) is 49.2 Å². The van der Waals surface area contributed by atoms with Gasteiger partial charge in [0.05, 0.1) is 47.6 Å². The molecule has 65 heavy (non-hydrogen) atoms. The van der Waals surface area contributed by atoms with E-state index >= 15 is 0 Å². The van der Waals surface area contributed by atoms with Crippen molar-refractivity contribution in [2.75, 3.05) is 29.6 Å². The third-order valence-electron chi connectivity index (χ3n) is 11.2. The molecule has 16 nitrogen and oxygen atoms in total. The molecule has 6 aromatic rings. The number of nitrogens with one attached hydrogen (secondary N) is 5. The molecule has 2 aliphatic rings. The van der Waals surface area contributed by atoms with Gasteiger partial charge in [-0.25, -0.2) is 38.7 Å². The highest BCUT2D eigenvalue weighted by atomic mass is 35.5. The van der Waals surface area contributed by atoms with Gasteiger partial charge in [0.15, 0.2) is 22.9 Å². The van der Waals surface area contributed by atoms with E-state index in [9.17, 15) is 18.4 Å². The zero-order valence-electron chi connectivity index (χ0n) is 39.2. The molecule has 2 amide bonds. The number of rotatable bonds is 7. The summed E-state index contributed by atoms with van der Waals surface area (Å²) in [7, 11) is 4.07. The van der Waals surface area contributed by atoms with Crippen LogP contribution in [-0.4, -0.2) is 98.9 Å². The molecule has 6 aromatic heterocycles. The lowest BCUT2D eigenvalue weighted by Crippen LogP contribution is -2.62. The minimum absolute atomic E-state index is 0.0120. The van der Waals surface area contributed by atoms with Crippen LogP contribution in [0, 0.1) is 25.5 Å². The molecule has 19 heteroatoms. The Kier molecular flexibility index (Phi) is 14.3. The lowest BCUT2D eigenvalue weighted by molar-refractivity contribution is 0.101. The Morgan fingerprint density at radius 3 is 1.51 bits per heavy atom. The lowest BCUT2D eigenvalue weighted by Gasteiger charge is -2.49. The number of hydrogen-bond donors (Lipinski definition) is 5. The van der Waals surface area contributed by atoms with Gasteiger partial charge < -0.3 is 40.3 Å². The van der Waals surface area contributed by atoms with E-state index in [0.717, 1.165) is 12.8 Å². The maximum absolute atomic E-state index is 14.3. The van der Waals surface area contributed by atoms with Gasteiger partial charge >= 0.3 is 0 Å². The molecule has 2 aliphatic heterocycles. The Hall–Kier alpha value is -5.69. The standard InChI is InChI=1S/C23H30FN7O.C13H9ClFN5O.C10H22N2/c1-14-12-31-13-15(7-17(24)20(31)27-14)28-21(32)18-10-26-19(11-25-18)30(6)16-8-22(2,3)29-23(4,5)9-16;1-7-5-20-6-8(2-9(15)12(20)18-7)19-13(21)10-3-17-11(14)4-16-10;1-9(2)6-8(11-5)7-10(3,4)12-9/h7,10-13,16,29H,8-9H2,1-6H3,(H,28,32);2-6H,1H3,(H,19,21);8,11-12H,6-7H2,1-5H3. The molecule has 348 valence electrons. The third kappa shape index (κ3) is 12.8. The van der Waals surface area contributed by atoms with Crippen molar-refractivity contribution in [2.45, 2.75) is 129 Å². The SMILES string of the molecule is CNC1CC(C)(C)NC(C)(C)C1.Cc1cn2cc(NC(=O)c3cnc(Cl)cn3)cc(F)c2n1.Cc1cn2cc(NC(=O)c3cnc(N(C)C4CC(C)(C)NC(C)(C)C4)cn3)cc(F)c2n1. The third-order valence-corrected chi connectivity index (χ3v) is 11.4. The fraction of sp³-hybridized carbons (Fsp3) is 0.478. The summed E-state index contributed by atoms with van der Waals surface area (Å²) in [6.07, 6.45) is 16.5. The summed E-state index contributed by atoms with van der Waals surface area (Å²) in [5, 5.41) is 16.1. The number of carbonyl (C=O) groups is 2. The average molecular weight is 916 g/mol. The number of piperidine rings is 2. The number of fused-ring (bicyclic) bond motifs is 2. The van der Waals surface area contributed by atoms with Crippen molar-refractivity contribution in [3.63, 3.8) is 0 Å². The Labute approximate surface area is 383 Å². The van der Waals surface area contributed by atoms with E-state index in [1.165, 1.54) is 48.0 Å². The summed E-state index contributed by atoms with van der Waals surface area (Å²) in [6, 6.07) is 3.40. The van der Waals surface area contributed by atoms with Gasteiger partial charge in [-0.1, -0.05) is 11.6 Å². The number of anilines is 3. The fourth-order valence-corrected chi connectivity index (χ4v) is 9.29. The van der Waals surface area contributed by atoms with Gasteiger partial charge in [-0.2, -0.15) is 0 Å². The molecule has 2 fully saturated rings. The fourth-order valence-electron chi connectivity index (χ4n) is 9.19. The number of imidazole rings is 2. The monoisotopic (exact) mass is 914 g/mol. The highest BCUT2D eigenvalue weighted by Gasteiger charge is 2.40. The smallest absolute Gasteiger partial charge is 0.275 e. The van der Waals surface area contributed by atoms with Crippen LogP contribution in [0.3, 0.4) is 0 Å². The van der Waals surface area contributed by atoms with Gasteiger partial charge in [0.1, 0.15) is 22.4 Å². The second-order valence-electron chi connectivity index (χ2n) is 19.6. The zero-order valence-corrected chi connectivity index (χ0v) is 40.0. The van der Waals surface area contributed by atoms with Crippen LogP contribution in [0.2, 0.25) is 5.15 Å². The number of aromatic nitrogens is 8. The predicted octanol–water partition coefficient (Wildman–Crippen LogP) is 7.56. The Morgan fingerprint density at radius 2 is 1.11 bits per heavy atom. The van der Waals surface area contributed by atoms with Crippen LogP contribution in [-0.2, 0) is 0 Å². The normalized spacial score (nSPS) is 17.6. The van der Waals surface area contributed by atoms with Gasteiger partial charge in [-0.3, -0.25) is 9.59 Å². The van der Waals surface area contributed by atoms with E-state index in [1.807, 2.05) is 7.05 Å². The first-order chi connectivity index (χ1) is 30.3. The molecule has 8 rings (SSSR count). The zero-order chi connectivity index (χ0) is 47.6. The van der Waals surface area contributed by atoms with Crippen molar-refractivity contribution < 1.29 is 18.4 Å². The van der Waals surface area contributed by atoms with Crippen molar-refractivity contribution in [1.82, 2.24) is 54.7 Å². The second kappa shape index (κ2) is 19.0. The molecular formula is C46H61ClF2N14O2. The summed E-state index contributed by atoms with van der Waals surface area (Å²) in [6.45, 7) is 21.5. The summed E-state index contributed by atoms with van der Waals surface area (Å²) < 4.78 is 31.2. The molecule has 0 aliphatic carbocycles. The van der Waals surface area contributed by atoms with E-state index < -0.39 is 23.4 Å². The summed E-state index contributed by atoms with van der Waals surface area (Å²) in [4.78, 5) is 51.3. The molecule has 0 spiro atoms. The van der Waals surface area contributed by atoms with E-state index in [0.29, 0.717) is 40.7 Å². The molecule has 0 aromatic carbocycles. The first-order valence-corrected chi connectivity index (χ1v) is 21.9. The second-order valence-corrected chi connectivity index (χ2v) is 20.0. The molecule has 2 saturated heterocycles. The van der Waals surface area contributed by atoms with Crippen LogP contribution in [0.5, 0.6) is 0 Å². The van der Waals surface area contributed by atoms with Crippen molar-refractivity contribution in [3.8, 4) is 0 Å². The van der Waals surface area contributed by atoms with Crippen molar-refractivity contribution in [3.05, 3.63) is 101 Å². The molecular weight excluding hydrogens is 854 g/mol. The lowest BCUT2D eigenvalue weighted by atomic mass is 9.79. The molecule has 0 atom stereocenters. The quantitative estimate of drug-likeness (QED) is 0.106. The Balaban J connectivity index is 0.000000181. The maximum atomic E-state index is 14.3. The number of hydrogen-bond acceptors (Lipinski definition) is 12. The summed E-state index contributed by atoms with van der Waals surface area (Å²) in [5.74, 6) is -1.28. The average Bonchev–Trinajstić information content (AvgIpc) is 3.77. The Bertz CT molecular complexity index is 2610. The molecule has 0 unspecified atom stereocenters. The van der Waals surface area contributed by atoms with Crippen molar-refractivity contribution in [1.29, 1.82) is 0 Å². The van der Waals surface area contributed by atoms with E-state index in [-0.39, 0.29) is 50.0 Å². The number of nitrogens with zero attached hydrogens (tertiary/aromatic N) is 9. The number of amides is 2. The predicted molar refractivity (Wildman–Crippen MR) is 251 cm³/mol. The first kappa shape index (κ1) is 48.8. The van der Waals surface area contributed by atoms with Crippen molar-refractivity contribution >= 4 is 51.9 Å². The van der Waals surface area contributed by atoms with Gasteiger partial charge in [-0.05, 0) is 102 Å². The van der Waals surface area contributed by atoms with Crippen LogP contribution in [0.25, 0.3) is 11.3 Å². The van der Waals surface area contributed by atoms with Crippen LogP contribution >= 0.6 is 11.6 Å². The minimum Gasteiger partial charge on any atom is -0.355 e. The number of carbonyl (C=O) groups excluding carboxylic acids is 2. The molecule has 8 heterocycles. The van der Waals surface area contributed by atoms with Crippen molar-refractivity contribution in [2.24, 2.45) is 0 Å². The highest BCUT2D eigenvalue weighted by Crippen LogP contribution is 2.33. The largest absolute Gasteiger partial charge is 0.355 e. The number of pyridine rings is 2. The first-order valence-electron chi connectivity index (χ1n) is 21.5. The van der Waals surface area contributed by atoms with E-state index in [2.05, 4.69) is 124 Å². The summed E-state index contributed by atoms with van der Waals surface area (Å²) >= 11 is 5.60. The number of halogens is 3. The van der Waals surface area contributed by atoms with Crippen LogP contribution < -0.4 is 31.5 Å². The Morgan fingerprint density at radius 1 is 0.677 bits per heavy atom. The van der Waals surface area contributed by atoms with Gasteiger partial charge in [0.25, 0.3) is 11.8 Å². The van der Waals surface area contributed by atoms with Crippen LogP contribution in [0.1, 0.15) is 113 Å². The van der Waals surface area contributed by atoms with Gasteiger partial charge in [0.2, 0.25) is 0 Å². The molecule has 0 radical (unpaired) electrons. The maximum Gasteiger partial charge on any atom is 0.275 e. The molecule has 0 saturated carbocycles. The van der Waals surface area contributed by atoms with Crippen LogP contribution in [0.15, 0.2) is 61.7 Å². The minimum atomic E-state index is -0.525. The molecule has 5 N–H and O–H groups in total. The van der Waals surface area contributed by atoms with Gasteiger partial charge in [0, 0.05) is 78.2 Å². The highest BCUT2D eigenvalue weighted by molar-refractivity contribution is 6.29. The topological polar surface area (TPSA) is 184 Å². The van der Waals surface area contributed by atoms with E-state index in [4.69, 9.17) is 11.6 Å². The number of aryl methyl sites for hydroxylation is 2. The van der Waals surface area contributed by atoms with Gasteiger partial charge in [-0.15, -0.1) is 0 Å².